The first kappa shape index (κ1) is 17.0. The first-order valence-corrected chi connectivity index (χ1v) is 8.28. The van der Waals surface area contributed by atoms with Gasteiger partial charge in [0.1, 0.15) is 0 Å². The number of benzene rings is 1. The maximum absolute atomic E-state index is 14.4. The quantitative estimate of drug-likeness (QED) is 0.624. The third-order valence-corrected chi connectivity index (χ3v) is 5.68. The number of nitrogens with zero attached hydrogens (tertiary/aromatic N) is 3. The molecule has 1 aromatic rings. The summed E-state index contributed by atoms with van der Waals surface area (Å²) in [5, 5.41) is 11.0. The molecule has 0 bridgehead atoms. The first-order chi connectivity index (χ1) is 11.3. The lowest BCUT2D eigenvalue weighted by atomic mass is 9.60. The first-order valence-electron chi connectivity index (χ1n) is 8.28. The zero-order valence-corrected chi connectivity index (χ0v) is 14.4. The van der Waals surface area contributed by atoms with E-state index in [1.54, 1.807) is 0 Å². The van der Waals surface area contributed by atoms with Crippen LogP contribution in [0.1, 0.15) is 25.7 Å². The van der Waals surface area contributed by atoms with E-state index in [1.807, 2.05) is 4.90 Å². The Morgan fingerprint density at radius 3 is 2.46 bits per heavy atom. The third-order valence-electron chi connectivity index (χ3n) is 5.68. The Bertz CT molecular complexity index is 634. The number of hydrogen-bond acceptors (Lipinski definition) is 5. The molecule has 1 spiro atoms. The molecule has 1 aromatic carbocycles. The largest absolute Gasteiger partial charge is 0.490 e. The van der Waals surface area contributed by atoms with E-state index in [-0.39, 0.29) is 11.4 Å². The number of rotatable bonds is 4. The molecule has 1 saturated carbocycles. The maximum Gasteiger partial charge on any atom is 0.313 e. The molecular formula is C17H24FN3O3. The van der Waals surface area contributed by atoms with E-state index >= 15 is 0 Å². The smallest absolute Gasteiger partial charge is 0.313 e. The minimum absolute atomic E-state index is 0.105. The van der Waals surface area contributed by atoms with E-state index in [2.05, 4.69) is 19.0 Å². The molecule has 0 atom stereocenters. The zero-order chi connectivity index (χ0) is 17.5. The molecule has 24 heavy (non-hydrogen) atoms. The van der Waals surface area contributed by atoms with Crippen LogP contribution in [-0.4, -0.2) is 50.2 Å². The Morgan fingerprint density at radius 2 is 1.96 bits per heavy atom. The molecule has 2 fully saturated rings. The molecular weight excluding hydrogens is 313 g/mol. The number of methoxy groups -OCH3 is 1. The van der Waals surface area contributed by atoms with Crippen molar-refractivity contribution in [3.63, 3.8) is 0 Å². The molecule has 1 saturated heterocycles. The van der Waals surface area contributed by atoms with Crippen molar-refractivity contribution in [2.24, 2.45) is 5.41 Å². The summed E-state index contributed by atoms with van der Waals surface area (Å²) in [7, 11) is 5.60. The number of ether oxygens (including phenoxy) is 1. The van der Waals surface area contributed by atoms with Gasteiger partial charge in [-0.1, -0.05) is 0 Å². The molecule has 2 aliphatic rings. The lowest BCUT2D eigenvalue weighted by molar-refractivity contribution is -0.385. The Labute approximate surface area is 141 Å². The highest BCUT2D eigenvalue weighted by atomic mass is 19.1. The molecule has 0 unspecified atom stereocenters. The van der Waals surface area contributed by atoms with Gasteiger partial charge >= 0.3 is 5.69 Å². The maximum atomic E-state index is 14.4. The van der Waals surface area contributed by atoms with Gasteiger partial charge in [0.05, 0.1) is 23.8 Å². The number of anilines is 1. The van der Waals surface area contributed by atoms with Crippen molar-refractivity contribution in [2.45, 2.75) is 31.7 Å². The van der Waals surface area contributed by atoms with Gasteiger partial charge in [-0.05, 0) is 45.2 Å². The van der Waals surface area contributed by atoms with Gasteiger partial charge in [-0.3, -0.25) is 10.1 Å². The zero-order valence-electron chi connectivity index (χ0n) is 14.4. The summed E-state index contributed by atoms with van der Waals surface area (Å²) in [5.41, 5.74) is 0.461. The summed E-state index contributed by atoms with van der Waals surface area (Å²) in [6.07, 6.45) is 4.49. The lowest BCUT2D eigenvalue weighted by Crippen LogP contribution is -2.53. The van der Waals surface area contributed by atoms with E-state index in [9.17, 15) is 14.5 Å². The van der Waals surface area contributed by atoms with Crippen LogP contribution in [0.5, 0.6) is 5.75 Å². The molecule has 1 aliphatic carbocycles. The number of piperidine rings is 1. The minimum atomic E-state index is -0.618. The van der Waals surface area contributed by atoms with Crippen LogP contribution in [0.2, 0.25) is 0 Å². The fraction of sp³-hybridized carbons (Fsp3) is 0.647. The summed E-state index contributed by atoms with van der Waals surface area (Å²) in [6, 6.07) is 3.08. The highest BCUT2D eigenvalue weighted by molar-refractivity contribution is 5.60. The molecule has 0 radical (unpaired) electrons. The Balaban J connectivity index is 1.72. The van der Waals surface area contributed by atoms with Crippen molar-refractivity contribution in [3.8, 4) is 5.75 Å². The highest BCUT2D eigenvalue weighted by Gasteiger charge is 2.46. The number of nitro groups is 1. The molecule has 132 valence electrons. The number of halogens is 1. The van der Waals surface area contributed by atoms with Crippen LogP contribution in [0.3, 0.4) is 0 Å². The normalized spacial score (nSPS) is 20.3. The van der Waals surface area contributed by atoms with Crippen LogP contribution >= 0.6 is 0 Å². The van der Waals surface area contributed by atoms with Gasteiger partial charge in [0, 0.05) is 25.2 Å². The van der Waals surface area contributed by atoms with Crippen LogP contribution in [0.15, 0.2) is 12.1 Å². The Kier molecular flexibility index (Phi) is 4.38. The molecule has 0 aromatic heterocycles. The van der Waals surface area contributed by atoms with E-state index in [0.29, 0.717) is 17.1 Å². The summed E-state index contributed by atoms with van der Waals surface area (Å²) in [4.78, 5) is 14.6. The van der Waals surface area contributed by atoms with Crippen molar-refractivity contribution >= 4 is 11.4 Å². The lowest BCUT2D eigenvalue weighted by Gasteiger charge is -2.54. The summed E-state index contributed by atoms with van der Waals surface area (Å²) in [6.45, 7) is 1.55. The average Bonchev–Trinajstić information content (AvgIpc) is 2.52. The van der Waals surface area contributed by atoms with E-state index in [4.69, 9.17) is 4.74 Å². The molecule has 3 rings (SSSR count). The topological polar surface area (TPSA) is 58.8 Å². The second kappa shape index (κ2) is 6.20. The van der Waals surface area contributed by atoms with Crippen molar-refractivity contribution in [2.75, 3.05) is 39.2 Å². The molecule has 0 N–H and O–H groups in total. The predicted octanol–water partition coefficient (Wildman–Crippen LogP) is 3.05. The number of hydrogen-bond donors (Lipinski definition) is 0. The van der Waals surface area contributed by atoms with Gasteiger partial charge in [-0.25, -0.2) is 4.39 Å². The van der Waals surface area contributed by atoms with Crippen molar-refractivity contribution in [1.29, 1.82) is 0 Å². The minimum Gasteiger partial charge on any atom is -0.490 e. The summed E-state index contributed by atoms with van der Waals surface area (Å²) in [5.74, 6) is -0.453. The molecule has 6 nitrogen and oxygen atoms in total. The van der Waals surface area contributed by atoms with E-state index in [1.165, 1.54) is 26.0 Å². The molecule has 1 aliphatic heterocycles. The summed E-state index contributed by atoms with van der Waals surface area (Å²) >= 11 is 0. The van der Waals surface area contributed by atoms with Gasteiger partial charge in [0.15, 0.2) is 11.6 Å². The monoisotopic (exact) mass is 337 g/mol. The van der Waals surface area contributed by atoms with Gasteiger partial charge in [-0.15, -0.1) is 0 Å². The second-order valence-corrected chi connectivity index (χ2v) is 7.25. The Morgan fingerprint density at radius 1 is 1.33 bits per heavy atom. The van der Waals surface area contributed by atoms with Crippen LogP contribution < -0.4 is 9.64 Å². The van der Waals surface area contributed by atoms with Gasteiger partial charge in [-0.2, -0.15) is 0 Å². The van der Waals surface area contributed by atoms with Crippen LogP contribution in [0.25, 0.3) is 0 Å². The third kappa shape index (κ3) is 2.92. The molecule has 1 heterocycles. The van der Waals surface area contributed by atoms with Crippen molar-refractivity contribution in [1.82, 2.24) is 4.90 Å². The van der Waals surface area contributed by atoms with Gasteiger partial charge in [0.2, 0.25) is 0 Å². The van der Waals surface area contributed by atoms with Crippen molar-refractivity contribution < 1.29 is 14.1 Å². The molecule has 0 amide bonds. The van der Waals surface area contributed by atoms with Crippen LogP contribution in [0, 0.1) is 21.3 Å². The fourth-order valence-corrected chi connectivity index (χ4v) is 4.02. The second-order valence-electron chi connectivity index (χ2n) is 7.25. The highest BCUT2D eigenvalue weighted by Crippen LogP contribution is 2.51. The van der Waals surface area contributed by atoms with E-state index < -0.39 is 10.7 Å². The average molecular weight is 337 g/mol. The van der Waals surface area contributed by atoms with Crippen molar-refractivity contribution in [3.05, 3.63) is 28.1 Å². The van der Waals surface area contributed by atoms with E-state index in [0.717, 1.165) is 32.0 Å². The van der Waals surface area contributed by atoms with Gasteiger partial charge < -0.3 is 14.5 Å². The Hall–Kier alpha value is -1.89. The molecule has 7 heteroatoms. The SMILES string of the molecule is COc1cc(N2CCC3(CC2)CC(N(C)C)C3)c(F)cc1[N+](=O)[O-]. The van der Waals surface area contributed by atoms with Crippen LogP contribution in [-0.2, 0) is 0 Å². The van der Waals surface area contributed by atoms with Gasteiger partial charge in [0.25, 0.3) is 0 Å². The predicted molar refractivity (Wildman–Crippen MR) is 90.2 cm³/mol. The summed E-state index contributed by atoms with van der Waals surface area (Å²) < 4.78 is 19.4. The standard InChI is InChI=1S/C17H24FN3O3/c1-19(2)12-10-17(11-12)4-6-20(7-5-17)14-9-16(24-3)15(21(22)23)8-13(14)18/h8-9,12H,4-7,10-11H2,1-3H3. The van der Waals surface area contributed by atoms with Crippen LogP contribution in [0.4, 0.5) is 15.8 Å². The fourth-order valence-electron chi connectivity index (χ4n) is 4.02. The number of nitro benzene ring substituents is 1.